The Morgan fingerprint density at radius 3 is 2.15 bits per heavy atom. The Morgan fingerprint density at radius 1 is 0.848 bits per heavy atom. The average molecular weight is 630 g/mol. The van der Waals surface area contributed by atoms with Crippen LogP contribution in [0.3, 0.4) is 0 Å². The molecule has 4 aromatic rings. The number of carboxylic acids is 1. The fraction of sp³-hybridized carbons (Fsp3) is 0.250. The van der Waals surface area contributed by atoms with Gasteiger partial charge in [0.2, 0.25) is 0 Å². The van der Waals surface area contributed by atoms with Crippen LogP contribution in [0.4, 0.5) is 18.4 Å². The van der Waals surface area contributed by atoms with Crippen molar-refractivity contribution in [3.63, 3.8) is 0 Å². The summed E-state index contributed by atoms with van der Waals surface area (Å²) in [6, 6.07) is 24.4. The van der Waals surface area contributed by atoms with Crippen LogP contribution in [0.2, 0.25) is 0 Å². The van der Waals surface area contributed by atoms with Crippen molar-refractivity contribution in [1.29, 1.82) is 0 Å². The number of urea groups is 1. The van der Waals surface area contributed by atoms with E-state index in [1.54, 1.807) is 51.1 Å². The highest BCUT2D eigenvalue weighted by Gasteiger charge is 2.50. The molecule has 1 heterocycles. The van der Waals surface area contributed by atoms with Crippen molar-refractivity contribution in [3.05, 3.63) is 119 Å². The number of hydrogen-bond donors (Lipinski definition) is 2. The van der Waals surface area contributed by atoms with Crippen molar-refractivity contribution in [2.24, 2.45) is 0 Å². The zero-order chi connectivity index (χ0) is 33.1. The molecule has 238 valence electrons. The number of nitrogens with one attached hydrogen (secondary N) is 1. The largest absolute Gasteiger partial charge is 0.526 e. The van der Waals surface area contributed by atoms with Crippen LogP contribution in [-0.2, 0) is 22.5 Å². The van der Waals surface area contributed by atoms with Crippen molar-refractivity contribution >= 4 is 18.1 Å². The van der Waals surface area contributed by atoms with Crippen molar-refractivity contribution in [2.45, 2.75) is 45.3 Å². The first kappa shape index (κ1) is 32.3. The fourth-order valence-electron chi connectivity index (χ4n) is 5.40. The summed E-state index contributed by atoms with van der Waals surface area (Å²) < 4.78 is 37.9. The standard InChI is InChI=1S/C36H34F2N2O6/c1-36(2,3)46-35(44)40(18-17-25-13-14-28(19-27(25)22-40)45-29-15-16-31(37)32(38)20-29)34(43)39-21-30(33(41)42)26-11-9-24(10-12-26)23-7-5-4-6-8-23/h4-16,19-20,30H,17-18,21-22H2,1-3H3,(H-,39,41,42,43)/p+1. The third-order valence-corrected chi connectivity index (χ3v) is 7.82. The first-order chi connectivity index (χ1) is 21.8. The molecule has 5 rings (SSSR count). The Hall–Kier alpha value is -5.09. The van der Waals surface area contributed by atoms with Crippen LogP contribution in [0.5, 0.6) is 11.5 Å². The molecular formula is C36H35F2N2O6+. The number of quaternary nitrogens is 1. The third-order valence-electron chi connectivity index (χ3n) is 7.82. The number of ether oxygens (including phenoxy) is 2. The fourth-order valence-corrected chi connectivity index (χ4v) is 5.40. The Morgan fingerprint density at radius 2 is 1.50 bits per heavy atom. The Balaban J connectivity index is 1.38. The van der Waals surface area contributed by atoms with Crippen LogP contribution in [0, 0.1) is 11.6 Å². The van der Waals surface area contributed by atoms with Gasteiger partial charge < -0.3 is 19.9 Å². The van der Waals surface area contributed by atoms with E-state index < -0.39 is 45.7 Å². The van der Waals surface area contributed by atoms with Gasteiger partial charge in [0.15, 0.2) is 11.6 Å². The van der Waals surface area contributed by atoms with Gasteiger partial charge in [-0.05, 0) is 67.3 Å². The zero-order valence-electron chi connectivity index (χ0n) is 25.8. The maximum absolute atomic E-state index is 14.0. The number of carbonyl (C=O) groups excluding carboxylic acids is 2. The normalized spacial score (nSPS) is 16.5. The highest BCUT2D eigenvalue weighted by atomic mass is 19.2. The quantitative estimate of drug-likeness (QED) is 0.202. The number of imide groups is 1. The minimum Gasteiger partial charge on any atom is -0.481 e. The van der Waals surface area contributed by atoms with E-state index in [1.807, 2.05) is 42.5 Å². The van der Waals surface area contributed by atoms with Crippen LogP contribution in [-0.4, -0.2) is 46.4 Å². The molecular weight excluding hydrogens is 594 g/mol. The Kier molecular flexibility index (Phi) is 9.20. The van der Waals surface area contributed by atoms with Crippen LogP contribution < -0.4 is 10.1 Å². The van der Waals surface area contributed by atoms with Gasteiger partial charge in [0.25, 0.3) is 0 Å². The van der Waals surface area contributed by atoms with Gasteiger partial charge in [0.1, 0.15) is 30.2 Å². The summed E-state index contributed by atoms with van der Waals surface area (Å²) in [5, 5.41) is 12.8. The lowest BCUT2D eigenvalue weighted by Crippen LogP contribution is -2.63. The maximum atomic E-state index is 14.0. The van der Waals surface area contributed by atoms with Gasteiger partial charge in [-0.1, -0.05) is 60.7 Å². The van der Waals surface area contributed by atoms with E-state index in [4.69, 9.17) is 9.47 Å². The lowest BCUT2D eigenvalue weighted by atomic mass is 9.96. The van der Waals surface area contributed by atoms with Gasteiger partial charge in [-0.25, -0.2) is 13.6 Å². The van der Waals surface area contributed by atoms with Crippen LogP contribution >= 0.6 is 0 Å². The molecule has 2 atom stereocenters. The van der Waals surface area contributed by atoms with E-state index >= 15 is 0 Å². The SMILES string of the molecule is CC(C)(C)OC(=O)[N+]1(C(=O)NCC(C(=O)O)c2ccc(-c3ccccc3)cc2)CCc2ccc(Oc3ccc(F)c(F)c3)cc2C1. The van der Waals surface area contributed by atoms with Crippen LogP contribution in [0.1, 0.15) is 43.4 Å². The molecule has 2 N–H and O–H groups in total. The number of aliphatic carboxylic acids is 1. The molecule has 3 amide bonds. The molecule has 0 saturated carbocycles. The molecule has 0 aliphatic carbocycles. The minimum absolute atomic E-state index is 0.0804. The number of benzene rings is 4. The molecule has 0 bridgehead atoms. The molecule has 10 heteroatoms. The Bertz CT molecular complexity index is 1760. The number of amides is 3. The van der Waals surface area contributed by atoms with Gasteiger partial charge in [-0.2, -0.15) is 4.79 Å². The predicted molar refractivity (Wildman–Crippen MR) is 167 cm³/mol. The summed E-state index contributed by atoms with van der Waals surface area (Å²) in [5.41, 5.74) is 3.01. The smallest absolute Gasteiger partial charge is 0.481 e. The third kappa shape index (κ3) is 7.24. The van der Waals surface area contributed by atoms with E-state index in [2.05, 4.69) is 5.32 Å². The first-order valence-electron chi connectivity index (χ1n) is 14.9. The lowest BCUT2D eigenvalue weighted by molar-refractivity contribution is -0.795. The molecule has 0 spiro atoms. The molecule has 8 nitrogen and oxygen atoms in total. The van der Waals surface area contributed by atoms with Crippen molar-refractivity contribution < 1.29 is 42.2 Å². The summed E-state index contributed by atoms with van der Waals surface area (Å²) >= 11 is 0. The minimum atomic E-state index is -1.13. The highest BCUT2D eigenvalue weighted by molar-refractivity contribution is 5.82. The average Bonchev–Trinajstić information content (AvgIpc) is 3.02. The van der Waals surface area contributed by atoms with E-state index in [9.17, 15) is 28.3 Å². The number of fused-ring (bicyclic) bond motifs is 1. The number of nitrogens with zero attached hydrogens (tertiary/aromatic N) is 1. The Labute approximate surface area is 265 Å². The van der Waals surface area contributed by atoms with E-state index in [0.717, 1.165) is 28.8 Å². The molecule has 0 saturated heterocycles. The van der Waals surface area contributed by atoms with Crippen LogP contribution in [0.25, 0.3) is 11.1 Å². The second-order valence-electron chi connectivity index (χ2n) is 12.3. The summed E-state index contributed by atoms with van der Waals surface area (Å²) in [6.45, 7) is 4.84. The van der Waals surface area contributed by atoms with Gasteiger partial charge in [0, 0.05) is 24.6 Å². The van der Waals surface area contributed by atoms with Crippen molar-refractivity contribution in [2.75, 3.05) is 13.1 Å². The van der Waals surface area contributed by atoms with Crippen molar-refractivity contribution in [3.8, 4) is 22.6 Å². The molecule has 1 aliphatic heterocycles. The van der Waals surface area contributed by atoms with Crippen LogP contribution in [0.15, 0.2) is 91.0 Å². The number of halogens is 2. The molecule has 46 heavy (non-hydrogen) atoms. The topological polar surface area (TPSA) is 102 Å². The summed E-state index contributed by atoms with van der Waals surface area (Å²) in [5.74, 6) is -3.87. The predicted octanol–water partition coefficient (Wildman–Crippen LogP) is 7.81. The van der Waals surface area contributed by atoms with Gasteiger partial charge >= 0.3 is 18.1 Å². The molecule has 0 fully saturated rings. The van der Waals surface area contributed by atoms with E-state index in [-0.39, 0.29) is 25.4 Å². The molecule has 4 aromatic carbocycles. The number of hydrogen-bond acceptors (Lipinski definition) is 5. The second kappa shape index (κ2) is 13.1. The number of carbonyl (C=O) groups is 3. The molecule has 1 aliphatic rings. The summed E-state index contributed by atoms with van der Waals surface area (Å²) in [7, 11) is 0. The van der Waals surface area contributed by atoms with Crippen molar-refractivity contribution in [1.82, 2.24) is 5.32 Å². The highest BCUT2D eigenvalue weighted by Crippen LogP contribution is 2.33. The summed E-state index contributed by atoms with van der Waals surface area (Å²) in [6.07, 6.45) is -0.432. The monoisotopic (exact) mass is 629 g/mol. The zero-order valence-corrected chi connectivity index (χ0v) is 25.8. The first-order valence-corrected chi connectivity index (χ1v) is 14.9. The molecule has 0 radical (unpaired) electrons. The number of rotatable bonds is 7. The maximum Gasteiger partial charge on any atom is 0.526 e. The second-order valence-corrected chi connectivity index (χ2v) is 12.3. The number of carboxylic acid groups (broad SMARTS) is 1. The van der Waals surface area contributed by atoms with Gasteiger partial charge in [-0.15, -0.1) is 4.48 Å². The van der Waals surface area contributed by atoms with Gasteiger partial charge in [-0.3, -0.25) is 4.79 Å². The molecule has 0 aromatic heterocycles. The molecule has 2 unspecified atom stereocenters. The summed E-state index contributed by atoms with van der Waals surface area (Å²) in [4.78, 5) is 40.0. The van der Waals surface area contributed by atoms with Gasteiger partial charge in [0.05, 0.1) is 5.92 Å². The van der Waals surface area contributed by atoms with E-state index in [0.29, 0.717) is 23.3 Å². The lowest BCUT2D eigenvalue weighted by Gasteiger charge is -2.37. The van der Waals surface area contributed by atoms with E-state index in [1.165, 1.54) is 6.07 Å².